The first kappa shape index (κ1) is 12.0. The van der Waals surface area contributed by atoms with Crippen LogP contribution in [-0.2, 0) is 0 Å². The lowest BCUT2D eigenvalue weighted by atomic mass is 10.2. The fraction of sp³-hybridized carbons (Fsp3) is 0.0667. The van der Waals surface area contributed by atoms with Crippen molar-refractivity contribution >= 4 is 22.6 Å². The molecule has 0 aromatic heterocycles. The molecule has 0 aliphatic rings. The summed E-state index contributed by atoms with van der Waals surface area (Å²) >= 11 is 2.25. The maximum Gasteiger partial charge on any atom is 0.149 e. The molecule has 2 heteroatoms. The average Bonchev–Trinajstić information content (AvgIpc) is 2.38. The predicted molar refractivity (Wildman–Crippen MR) is 78.0 cm³/mol. The number of para-hydroxylation sites is 1. The van der Waals surface area contributed by atoms with Crippen LogP contribution in [0.25, 0.3) is 0 Å². The van der Waals surface area contributed by atoms with E-state index in [2.05, 4.69) is 34.4 Å². The number of benzene rings is 2. The molecule has 0 saturated heterocycles. The Morgan fingerprint density at radius 3 is 2.41 bits per heavy atom. The number of rotatable bonds is 2. The summed E-state index contributed by atoms with van der Waals surface area (Å²) in [5.41, 5.74) is 1.01. The lowest BCUT2D eigenvalue weighted by molar-refractivity contribution is 0.367. The van der Waals surface area contributed by atoms with Gasteiger partial charge in [0.2, 0.25) is 0 Å². The molecule has 0 unspecified atom stereocenters. The Hall–Kier alpha value is -1.47. The zero-order valence-corrected chi connectivity index (χ0v) is 11.3. The van der Waals surface area contributed by atoms with E-state index in [9.17, 15) is 0 Å². The Morgan fingerprint density at radius 1 is 0.941 bits per heavy atom. The van der Waals surface area contributed by atoms with Gasteiger partial charge >= 0.3 is 0 Å². The van der Waals surface area contributed by atoms with E-state index in [1.165, 1.54) is 0 Å². The molecule has 84 valence electrons. The topological polar surface area (TPSA) is 9.23 Å². The van der Waals surface area contributed by atoms with Crippen molar-refractivity contribution in [3.8, 4) is 17.6 Å². The second-order valence-electron chi connectivity index (χ2n) is 3.39. The average molecular weight is 334 g/mol. The molecule has 0 fully saturated rings. The highest BCUT2D eigenvalue weighted by Crippen LogP contribution is 2.19. The summed E-state index contributed by atoms with van der Waals surface area (Å²) in [7, 11) is 0. The molecule has 0 heterocycles. The number of hydrogen-bond donors (Lipinski definition) is 0. The first-order chi connectivity index (χ1) is 8.36. The van der Waals surface area contributed by atoms with E-state index in [1.54, 1.807) is 0 Å². The Kier molecular flexibility index (Phi) is 4.45. The monoisotopic (exact) mass is 334 g/mol. The number of hydrogen-bond acceptors (Lipinski definition) is 1. The van der Waals surface area contributed by atoms with Crippen LogP contribution < -0.4 is 4.74 Å². The van der Waals surface area contributed by atoms with Gasteiger partial charge in [0, 0.05) is 5.56 Å². The summed E-state index contributed by atoms with van der Waals surface area (Å²) in [5.74, 6) is 6.94. The molecule has 2 aromatic carbocycles. The molecular formula is C15H11IO. The Labute approximate surface area is 115 Å². The van der Waals surface area contributed by atoms with Crippen LogP contribution in [0.1, 0.15) is 5.56 Å². The zero-order chi connectivity index (χ0) is 11.9. The minimum absolute atomic E-state index is 0.412. The molecule has 1 nitrogen and oxygen atoms in total. The molecule has 2 rings (SSSR count). The van der Waals surface area contributed by atoms with Crippen molar-refractivity contribution in [3.63, 3.8) is 0 Å². The Balaban J connectivity index is 1.93. The summed E-state index contributed by atoms with van der Waals surface area (Å²) in [6.07, 6.45) is 0. The molecule has 0 saturated carbocycles. The molecule has 0 bridgehead atoms. The van der Waals surface area contributed by atoms with Crippen molar-refractivity contribution in [1.29, 1.82) is 0 Å². The molecule has 0 atom stereocenters. The minimum atomic E-state index is 0.412. The van der Waals surface area contributed by atoms with Gasteiger partial charge in [0.15, 0.2) is 0 Å². The molecule has 0 amide bonds. The van der Waals surface area contributed by atoms with Crippen LogP contribution in [0.3, 0.4) is 0 Å². The second kappa shape index (κ2) is 6.31. The maximum absolute atomic E-state index is 5.58. The molecule has 0 radical (unpaired) electrons. The van der Waals surface area contributed by atoms with Gasteiger partial charge in [0.05, 0.1) is 3.57 Å². The van der Waals surface area contributed by atoms with E-state index in [-0.39, 0.29) is 0 Å². The van der Waals surface area contributed by atoms with E-state index < -0.39 is 0 Å². The number of ether oxygens (including phenoxy) is 1. The van der Waals surface area contributed by atoms with Gasteiger partial charge in [0.1, 0.15) is 12.4 Å². The first-order valence-electron chi connectivity index (χ1n) is 5.27. The third-order valence-electron chi connectivity index (χ3n) is 2.14. The van der Waals surface area contributed by atoms with Gasteiger partial charge in [-0.2, -0.15) is 0 Å². The van der Waals surface area contributed by atoms with Crippen molar-refractivity contribution in [2.75, 3.05) is 6.61 Å². The van der Waals surface area contributed by atoms with Gasteiger partial charge in [0.25, 0.3) is 0 Å². The highest BCUT2D eigenvalue weighted by atomic mass is 127. The van der Waals surface area contributed by atoms with Crippen LogP contribution in [0.15, 0.2) is 54.6 Å². The number of halogens is 1. The van der Waals surface area contributed by atoms with E-state index in [4.69, 9.17) is 4.74 Å². The van der Waals surface area contributed by atoms with E-state index >= 15 is 0 Å². The molecule has 0 aliphatic heterocycles. The minimum Gasteiger partial charge on any atom is -0.480 e. The highest BCUT2D eigenvalue weighted by molar-refractivity contribution is 14.1. The second-order valence-corrected chi connectivity index (χ2v) is 4.55. The maximum atomic E-state index is 5.58. The van der Waals surface area contributed by atoms with Gasteiger partial charge < -0.3 is 4.74 Å². The summed E-state index contributed by atoms with van der Waals surface area (Å²) in [6, 6.07) is 17.8. The Bertz CT molecular complexity index is 538. The van der Waals surface area contributed by atoms with Gasteiger partial charge in [-0.25, -0.2) is 0 Å². The molecule has 0 N–H and O–H groups in total. The van der Waals surface area contributed by atoms with Gasteiger partial charge in [-0.15, -0.1) is 0 Å². The zero-order valence-electron chi connectivity index (χ0n) is 9.19. The molecule has 2 aromatic rings. The third kappa shape index (κ3) is 3.79. The lowest BCUT2D eigenvalue weighted by Gasteiger charge is -2.03. The summed E-state index contributed by atoms with van der Waals surface area (Å²) in [6.45, 7) is 0.412. The quantitative estimate of drug-likeness (QED) is 0.601. The van der Waals surface area contributed by atoms with Crippen LogP contribution in [0, 0.1) is 15.4 Å². The van der Waals surface area contributed by atoms with Crippen molar-refractivity contribution in [2.24, 2.45) is 0 Å². The van der Waals surface area contributed by atoms with Crippen LogP contribution in [0.4, 0.5) is 0 Å². The molecule has 0 aliphatic carbocycles. The highest BCUT2D eigenvalue weighted by Gasteiger charge is 1.96. The van der Waals surface area contributed by atoms with Crippen LogP contribution in [0.5, 0.6) is 5.75 Å². The van der Waals surface area contributed by atoms with Gasteiger partial charge in [-0.05, 0) is 46.9 Å². The third-order valence-corrected chi connectivity index (χ3v) is 3.03. The molecule has 17 heavy (non-hydrogen) atoms. The van der Waals surface area contributed by atoms with E-state index in [0.29, 0.717) is 6.61 Å². The fourth-order valence-corrected chi connectivity index (χ4v) is 1.88. The van der Waals surface area contributed by atoms with Crippen LogP contribution in [-0.4, -0.2) is 6.61 Å². The van der Waals surface area contributed by atoms with Crippen molar-refractivity contribution in [1.82, 2.24) is 0 Å². The van der Waals surface area contributed by atoms with Crippen LogP contribution in [0.2, 0.25) is 0 Å². The Morgan fingerprint density at radius 2 is 1.65 bits per heavy atom. The summed E-state index contributed by atoms with van der Waals surface area (Å²) in [4.78, 5) is 0. The SMILES string of the molecule is Ic1ccccc1OCC#Cc1ccccc1. The smallest absolute Gasteiger partial charge is 0.149 e. The standard InChI is InChI=1S/C15H11IO/c16-14-10-4-5-11-15(14)17-12-6-9-13-7-2-1-3-8-13/h1-5,7-8,10-11H,12H2. The van der Waals surface area contributed by atoms with Gasteiger partial charge in [-0.1, -0.05) is 42.2 Å². The normalized spacial score (nSPS) is 9.24. The largest absolute Gasteiger partial charge is 0.480 e. The molecular weight excluding hydrogens is 323 g/mol. The summed E-state index contributed by atoms with van der Waals surface area (Å²) < 4.78 is 6.68. The predicted octanol–water partition coefficient (Wildman–Crippen LogP) is 3.72. The fourth-order valence-electron chi connectivity index (χ4n) is 1.34. The van der Waals surface area contributed by atoms with Crippen molar-refractivity contribution < 1.29 is 4.74 Å². The lowest BCUT2D eigenvalue weighted by Crippen LogP contribution is -1.95. The van der Waals surface area contributed by atoms with Crippen molar-refractivity contribution in [2.45, 2.75) is 0 Å². The van der Waals surface area contributed by atoms with Crippen molar-refractivity contribution in [3.05, 3.63) is 63.7 Å². The van der Waals surface area contributed by atoms with E-state index in [0.717, 1.165) is 14.9 Å². The molecule has 0 spiro atoms. The van der Waals surface area contributed by atoms with E-state index in [1.807, 2.05) is 54.6 Å². The summed E-state index contributed by atoms with van der Waals surface area (Å²) in [5, 5.41) is 0. The first-order valence-corrected chi connectivity index (χ1v) is 6.35. The van der Waals surface area contributed by atoms with Crippen LogP contribution >= 0.6 is 22.6 Å². The van der Waals surface area contributed by atoms with Gasteiger partial charge in [-0.3, -0.25) is 0 Å².